The molecule has 3 amide bonds. The summed E-state index contributed by atoms with van der Waals surface area (Å²) in [5, 5.41) is 0. The van der Waals surface area contributed by atoms with Gasteiger partial charge in [0.15, 0.2) is 11.9 Å². The number of imide groups is 1. The van der Waals surface area contributed by atoms with Gasteiger partial charge in [-0.2, -0.15) is 0 Å². The molecule has 0 bridgehead atoms. The van der Waals surface area contributed by atoms with Gasteiger partial charge < -0.3 is 4.40 Å². The standard InChI is InChI=1S/C33H26N4O3/c38-22-28-20-35-19-24(23-16-17-23)18-29(31(35)34-28)36-21-30(39)37(32(36)40)33(25-10-4-1-5-11-25,26-12-6-2-7-13-26)27-14-8-3-9-15-27/h1-15,18-20,22-23H,16-17,21H2. The van der Waals surface area contributed by atoms with Gasteiger partial charge in [0.05, 0.1) is 5.69 Å². The Morgan fingerprint density at radius 1 is 0.775 bits per heavy atom. The lowest BCUT2D eigenvalue weighted by molar-refractivity contribution is -0.127. The second kappa shape index (κ2) is 9.31. The molecule has 196 valence electrons. The zero-order valence-corrected chi connectivity index (χ0v) is 21.7. The molecule has 1 saturated heterocycles. The fourth-order valence-corrected chi connectivity index (χ4v) is 5.96. The van der Waals surface area contributed by atoms with Crippen molar-refractivity contribution in [1.29, 1.82) is 0 Å². The minimum Gasteiger partial charge on any atom is -0.304 e. The highest BCUT2D eigenvalue weighted by molar-refractivity contribution is 6.15. The van der Waals surface area contributed by atoms with Crippen LogP contribution in [-0.4, -0.2) is 39.1 Å². The first-order valence-electron chi connectivity index (χ1n) is 13.4. The molecule has 7 nitrogen and oxygen atoms in total. The molecule has 2 aromatic heterocycles. The summed E-state index contributed by atoms with van der Waals surface area (Å²) in [4.78, 5) is 47.8. The summed E-state index contributed by atoms with van der Waals surface area (Å²) in [6, 6.07) is 30.6. The molecule has 0 spiro atoms. The van der Waals surface area contributed by atoms with Gasteiger partial charge in [0.1, 0.15) is 17.8 Å². The number of hydrogen-bond acceptors (Lipinski definition) is 4. The Morgan fingerprint density at radius 3 is 1.82 bits per heavy atom. The minimum atomic E-state index is -1.21. The predicted octanol–water partition coefficient (Wildman–Crippen LogP) is 5.78. The number of carbonyl (C=O) groups is 3. The van der Waals surface area contributed by atoms with E-state index in [0.717, 1.165) is 35.1 Å². The van der Waals surface area contributed by atoms with Gasteiger partial charge in [-0.15, -0.1) is 0 Å². The third kappa shape index (κ3) is 3.66. The zero-order valence-electron chi connectivity index (χ0n) is 21.7. The van der Waals surface area contributed by atoms with E-state index in [-0.39, 0.29) is 18.1 Å². The van der Waals surface area contributed by atoms with E-state index in [2.05, 4.69) is 4.98 Å². The van der Waals surface area contributed by atoms with Crippen LogP contribution in [0.4, 0.5) is 10.5 Å². The molecule has 0 radical (unpaired) electrons. The van der Waals surface area contributed by atoms with Crippen molar-refractivity contribution in [3.63, 3.8) is 0 Å². The first-order chi connectivity index (χ1) is 19.6. The zero-order chi connectivity index (χ0) is 27.3. The Labute approximate surface area is 231 Å². The van der Waals surface area contributed by atoms with Crippen molar-refractivity contribution in [3.05, 3.63) is 137 Å². The number of benzene rings is 3. The van der Waals surface area contributed by atoms with Crippen molar-refractivity contribution in [3.8, 4) is 0 Å². The lowest BCUT2D eigenvalue weighted by Crippen LogP contribution is -2.52. The highest BCUT2D eigenvalue weighted by Gasteiger charge is 2.53. The number of carbonyl (C=O) groups excluding carboxylic acids is 3. The Hall–Kier alpha value is -5.04. The van der Waals surface area contributed by atoms with E-state index in [4.69, 9.17) is 0 Å². The quantitative estimate of drug-likeness (QED) is 0.153. The van der Waals surface area contributed by atoms with Crippen LogP contribution < -0.4 is 4.90 Å². The van der Waals surface area contributed by atoms with Gasteiger partial charge in [-0.05, 0) is 47.1 Å². The van der Waals surface area contributed by atoms with Gasteiger partial charge in [-0.1, -0.05) is 91.0 Å². The summed E-state index contributed by atoms with van der Waals surface area (Å²) < 4.78 is 1.80. The molecule has 7 rings (SSSR count). The minimum absolute atomic E-state index is 0.139. The van der Waals surface area contributed by atoms with E-state index in [1.807, 2.05) is 103 Å². The van der Waals surface area contributed by atoms with Crippen LogP contribution in [0.25, 0.3) is 5.65 Å². The van der Waals surface area contributed by atoms with Crippen LogP contribution in [0.5, 0.6) is 0 Å². The molecule has 1 aliphatic heterocycles. The number of fused-ring (bicyclic) bond motifs is 1. The maximum Gasteiger partial charge on any atom is 0.333 e. The van der Waals surface area contributed by atoms with Crippen LogP contribution in [0.3, 0.4) is 0 Å². The van der Waals surface area contributed by atoms with Crippen LogP contribution in [-0.2, 0) is 10.3 Å². The van der Waals surface area contributed by atoms with Crippen molar-refractivity contribution < 1.29 is 14.4 Å². The Kier molecular flexibility index (Phi) is 5.59. The molecule has 3 heterocycles. The molecule has 7 heteroatoms. The van der Waals surface area contributed by atoms with Gasteiger partial charge >= 0.3 is 6.03 Å². The number of aldehydes is 1. The molecule has 3 aromatic carbocycles. The van der Waals surface area contributed by atoms with Crippen LogP contribution in [0.15, 0.2) is 109 Å². The molecule has 2 aliphatic rings. The van der Waals surface area contributed by atoms with Gasteiger partial charge in [0.2, 0.25) is 0 Å². The van der Waals surface area contributed by atoms with E-state index in [9.17, 15) is 14.4 Å². The maximum atomic E-state index is 14.6. The maximum absolute atomic E-state index is 14.6. The fraction of sp³-hybridized carbons (Fsp3) is 0.152. The third-order valence-corrected chi connectivity index (χ3v) is 7.91. The lowest BCUT2D eigenvalue weighted by atomic mass is 9.75. The van der Waals surface area contributed by atoms with Crippen molar-refractivity contribution in [2.24, 2.45) is 0 Å². The van der Waals surface area contributed by atoms with Gasteiger partial charge in [-0.3, -0.25) is 14.5 Å². The molecule has 2 fully saturated rings. The van der Waals surface area contributed by atoms with Crippen LogP contribution in [0.1, 0.15) is 51.5 Å². The molecule has 5 aromatic rings. The summed E-state index contributed by atoms with van der Waals surface area (Å²) in [6.45, 7) is -0.139. The molecule has 40 heavy (non-hydrogen) atoms. The summed E-state index contributed by atoms with van der Waals surface area (Å²) in [7, 11) is 0. The molecule has 0 atom stereocenters. The monoisotopic (exact) mass is 526 g/mol. The number of pyridine rings is 1. The highest BCUT2D eigenvalue weighted by atomic mass is 16.2. The van der Waals surface area contributed by atoms with E-state index < -0.39 is 11.6 Å². The normalized spacial score (nSPS) is 15.7. The van der Waals surface area contributed by atoms with E-state index in [1.165, 1.54) is 9.80 Å². The number of urea groups is 1. The number of rotatable bonds is 7. The lowest BCUT2D eigenvalue weighted by Gasteiger charge is -2.42. The second-order valence-corrected chi connectivity index (χ2v) is 10.4. The summed E-state index contributed by atoms with van der Waals surface area (Å²) >= 11 is 0. The number of hydrogen-bond donors (Lipinski definition) is 0. The topological polar surface area (TPSA) is 75.0 Å². The summed E-state index contributed by atoms with van der Waals surface area (Å²) in [5.41, 5.74) is 3.54. The van der Waals surface area contributed by atoms with E-state index >= 15 is 0 Å². The SMILES string of the molecule is O=Cc1cn2cc(C3CC3)cc(N3CC(=O)N(C(c4ccccc4)(c4ccccc4)c4ccccc4)C3=O)c2n1. The molecule has 0 unspecified atom stereocenters. The predicted molar refractivity (Wildman–Crippen MR) is 151 cm³/mol. The van der Waals surface area contributed by atoms with E-state index in [1.54, 1.807) is 10.6 Å². The van der Waals surface area contributed by atoms with Gasteiger partial charge in [-0.25, -0.2) is 14.7 Å². The second-order valence-electron chi connectivity index (χ2n) is 10.4. The first-order valence-corrected chi connectivity index (χ1v) is 13.4. The largest absolute Gasteiger partial charge is 0.333 e. The van der Waals surface area contributed by atoms with Crippen molar-refractivity contribution in [2.45, 2.75) is 24.3 Å². The molecule has 1 aliphatic carbocycles. The highest BCUT2D eigenvalue weighted by Crippen LogP contribution is 2.46. The first kappa shape index (κ1) is 24.0. The van der Waals surface area contributed by atoms with Crippen LogP contribution in [0, 0.1) is 0 Å². The average molecular weight is 527 g/mol. The molecule has 0 N–H and O–H groups in total. The molecule has 1 saturated carbocycles. The van der Waals surface area contributed by atoms with Gasteiger partial charge in [0, 0.05) is 12.4 Å². The summed E-state index contributed by atoms with van der Waals surface area (Å²) in [5.74, 6) is 0.0745. The average Bonchev–Trinajstić information content (AvgIpc) is 3.71. The Morgan fingerprint density at radius 2 is 1.32 bits per heavy atom. The van der Waals surface area contributed by atoms with Crippen LogP contribution in [0.2, 0.25) is 0 Å². The fourth-order valence-electron chi connectivity index (χ4n) is 5.96. The third-order valence-electron chi connectivity index (χ3n) is 7.91. The molecular weight excluding hydrogens is 500 g/mol. The number of amides is 3. The van der Waals surface area contributed by atoms with Crippen molar-refractivity contribution in [1.82, 2.24) is 14.3 Å². The van der Waals surface area contributed by atoms with Crippen molar-refractivity contribution in [2.75, 3.05) is 11.4 Å². The Balaban J connectivity index is 1.46. The summed E-state index contributed by atoms with van der Waals surface area (Å²) in [6.07, 6.45) is 6.47. The van der Waals surface area contributed by atoms with Crippen LogP contribution >= 0.6 is 0 Å². The number of nitrogens with zero attached hydrogens (tertiary/aromatic N) is 4. The number of aromatic nitrogens is 2. The number of imidazole rings is 1. The number of anilines is 1. The van der Waals surface area contributed by atoms with Gasteiger partial charge in [0.25, 0.3) is 5.91 Å². The van der Waals surface area contributed by atoms with Crippen molar-refractivity contribution >= 4 is 29.6 Å². The van der Waals surface area contributed by atoms with E-state index in [0.29, 0.717) is 23.5 Å². The Bertz CT molecular complexity index is 1650. The molecular formula is C33H26N4O3. The smallest absolute Gasteiger partial charge is 0.304 e.